The highest BCUT2D eigenvalue weighted by molar-refractivity contribution is 6.31. The Morgan fingerprint density at radius 1 is 1.11 bits per heavy atom. The topological polar surface area (TPSA) is 36.4 Å². The summed E-state index contributed by atoms with van der Waals surface area (Å²) in [6.07, 6.45) is -2.04. The zero-order valence-electron chi connectivity index (χ0n) is 15.3. The first-order valence-electron chi connectivity index (χ1n) is 9.08. The molecule has 0 bridgehead atoms. The number of amides is 1. The molecule has 3 rings (SSSR count). The number of hydrogen-bond donors (Lipinski definition) is 0. The predicted molar refractivity (Wildman–Crippen MR) is 101 cm³/mol. The van der Waals surface area contributed by atoms with Crippen molar-refractivity contribution in [3.05, 3.63) is 64.4 Å². The number of benzene rings is 1. The van der Waals surface area contributed by atoms with Gasteiger partial charge in [0.25, 0.3) is 0 Å². The second kappa shape index (κ2) is 8.92. The summed E-state index contributed by atoms with van der Waals surface area (Å²) in [5, 5.41) is 0.174. The van der Waals surface area contributed by atoms with Gasteiger partial charge in [0.15, 0.2) is 0 Å². The van der Waals surface area contributed by atoms with Crippen LogP contribution in [0.1, 0.15) is 23.2 Å². The largest absolute Gasteiger partial charge is 0.416 e. The Kier molecular flexibility index (Phi) is 6.57. The van der Waals surface area contributed by atoms with Gasteiger partial charge in [-0.2, -0.15) is 13.2 Å². The van der Waals surface area contributed by atoms with Crippen molar-refractivity contribution in [2.45, 2.75) is 25.6 Å². The molecule has 0 radical (unpaired) electrons. The minimum absolute atomic E-state index is 0.136. The number of alkyl halides is 3. The molecule has 0 unspecified atom stereocenters. The molecule has 0 aliphatic carbocycles. The number of pyridine rings is 1. The van der Waals surface area contributed by atoms with Gasteiger partial charge in [-0.05, 0) is 42.3 Å². The molecular weight excluding hydrogens is 391 g/mol. The lowest BCUT2D eigenvalue weighted by molar-refractivity contribution is -0.138. The molecular formula is C20H21ClF3N3O. The number of carbonyl (C=O) groups is 1. The number of hydrogen-bond acceptors (Lipinski definition) is 3. The molecule has 4 nitrogen and oxygen atoms in total. The van der Waals surface area contributed by atoms with Crippen LogP contribution in [0, 0.1) is 0 Å². The lowest BCUT2D eigenvalue weighted by atomic mass is 10.1. The van der Waals surface area contributed by atoms with Gasteiger partial charge in [-0.15, -0.1) is 0 Å². The smallest absolute Gasteiger partial charge is 0.341 e. The highest BCUT2D eigenvalue weighted by Crippen LogP contribution is 2.32. The molecule has 150 valence electrons. The number of carbonyl (C=O) groups excluding carboxylic acids is 1. The highest BCUT2D eigenvalue weighted by atomic mass is 35.5. The normalized spacial score (nSPS) is 16.1. The summed E-state index contributed by atoms with van der Waals surface area (Å²) in [6.45, 7) is 3.35. The summed E-state index contributed by atoms with van der Waals surface area (Å²) in [5.41, 5.74) is 0.381. The molecule has 8 heteroatoms. The molecule has 1 saturated heterocycles. The van der Waals surface area contributed by atoms with Gasteiger partial charge >= 0.3 is 6.18 Å². The maximum absolute atomic E-state index is 12.9. The van der Waals surface area contributed by atoms with Crippen molar-refractivity contribution < 1.29 is 18.0 Å². The maximum Gasteiger partial charge on any atom is 0.416 e. The molecule has 1 aromatic heterocycles. The van der Waals surface area contributed by atoms with E-state index in [-0.39, 0.29) is 22.9 Å². The predicted octanol–water partition coefficient (Wildman–Crippen LogP) is 4.03. The van der Waals surface area contributed by atoms with Crippen LogP contribution in [0.4, 0.5) is 13.2 Å². The third-order valence-corrected chi connectivity index (χ3v) is 5.14. The number of aromatic nitrogens is 1. The second-order valence-corrected chi connectivity index (χ2v) is 7.22. The minimum atomic E-state index is -4.46. The van der Waals surface area contributed by atoms with Gasteiger partial charge in [0.1, 0.15) is 0 Å². The molecule has 2 heterocycles. The second-order valence-electron chi connectivity index (χ2n) is 6.81. The van der Waals surface area contributed by atoms with Crippen LogP contribution in [0.5, 0.6) is 0 Å². The maximum atomic E-state index is 12.9. The zero-order chi connectivity index (χ0) is 20.1. The number of nitrogens with zero attached hydrogens (tertiary/aromatic N) is 3. The highest BCUT2D eigenvalue weighted by Gasteiger charge is 2.31. The van der Waals surface area contributed by atoms with Crippen molar-refractivity contribution in [3.8, 4) is 0 Å². The Morgan fingerprint density at radius 2 is 1.93 bits per heavy atom. The van der Waals surface area contributed by atoms with Gasteiger partial charge in [-0.1, -0.05) is 17.7 Å². The van der Waals surface area contributed by atoms with E-state index in [0.717, 1.165) is 30.8 Å². The van der Waals surface area contributed by atoms with Crippen LogP contribution in [0.2, 0.25) is 5.02 Å². The van der Waals surface area contributed by atoms with E-state index in [1.807, 2.05) is 18.2 Å². The van der Waals surface area contributed by atoms with Gasteiger partial charge < -0.3 is 4.90 Å². The van der Waals surface area contributed by atoms with E-state index in [9.17, 15) is 18.0 Å². The molecule has 2 aromatic rings. The van der Waals surface area contributed by atoms with Crippen LogP contribution in [-0.4, -0.2) is 46.9 Å². The van der Waals surface area contributed by atoms with E-state index in [1.54, 1.807) is 11.1 Å². The fourth-order valence-corrected chi connectivity index (χ4v) is 3.44. The van der Waals surface area contributed by atoms with Crippen molar-refractivity contribution in [1.82, 2.24) is 14.8 Å². The van der Waals surface area contributed by atoms with Crippen LogP contribution in [0.25, 0.3) is 0 Å². The summed E-state index contributed by atoms with van der Waals surface area (Å²) in [7, 11) is 0. The fraction of sp³-hybridized carbons (Fsp3) is 0.400. The van der Waals surface area contributed by atoms with E-state index in [4.69, 9.17) is 11.6 Å². The van der Waals surface area contributed by atoms with Crippen molar-refractivity contribution in [3.63, 3.8) is 0 Å². The molecule has 0 atom stereocenters. The average molecular weight is 412 g/mol. The van der Waals surface area contributed by atoms with E-state index >= 15 is 0 Å². The molecule has 1 aromatic carbocycles. The molecule has 0 saturated carbocycles. The Hall–Kier alpha value is -2.12. The molecule has 1 amide bonds. The fourth-order valence-electron chi connectivity index (χ4n) is 3.26. The van der Waals surface area contributed by atoms with Gasteiger partial charge in [0, 0.05) is 43.9 Å². The van der Waals surface area contributed by atoms with Crippen LogP contribution < -0.4 is 0 Å². The monoisotopic (exact) mass is 411 g/mol. The van der Waals surface area contributed by atoms with Crippen LogP contribution in [-0.2, 0) is 23.9 Å². The van der Waals surface area contributed by atoms with Crippen LogP contribution in [0.3, 0.4) is 0 Å². The summed E-state index contributed by atoms with van der Waals surface area (Å²) in [5.74, 6) is -0.207. The lowest BCUT2D eigenvalue weighted by Crippen LogP contribution is -2.36. The lowest BCUT2D eigenvalue weighted by Gasteiger charge is -2.22. The third kappa shape index (κ3) is 5.45. The summed E-state index contributed by atoms with van der Waals surface area (Å²) in [6, 6.07) is 8.86. The standard InChI is InChI=1S/C20H21ClF3N3O/c21-18-6-5-16(20(22,23)24)12-15(18)13-19(28)27-9-3-8-26(10-11-27)14-17-4-1-2-7-25-17/h1-2,4-7,12H,3,8-11,13-14H2. The first-order chi connectivity index (χ1) is 13.3. The first-order valence-corrected chi connectivity index (χ1v) is 9.46. The Bertz CT molecular complexity index is 814. The van der Waals surface area contributed by atoms with E-state index < -0.39 is 11.7 Å². The first kappa shape index (κ1) is 20.6. The Labute approximate surface area is 166 Å². The van der Waals surface area contributed by atoms with Gasteiger partial charge in [0.2, 0.25) is 5.91 Å². The number of halogens is 4. The average Bonchev–Trinajstić information content (AvgIpc) is 2.89. The number of rotatable bonds is 4. The Morgan fingerprint density at radius 3 is 2.64 bits per heavy atom. The third-order valence-electron chi connectivity index (χ3n) is 4.77. The molecule has 1 fully saturated rings. The Balaban J connectivity index is 1.61. The van der Waals surface area contributed by atoms with Crippen LogP contribution >= 0.6 is 11.6 Å². The van der Waals surface area contributed by atoms with E-state index in [2.05, 4.69) is 9.88 Å². The van der Waals surface area contributed by atoms with Crippen molar-refractivity contribution in [2.24, 2.45) is 0 Å². The molecule has 0 spiro atoms. The van der Waals surface area contributed by atoms with Gasteiger partial charge in [-0.3, -0.25) is 14.7 Å². The minimum Gasteiger partial charge on any atom is -0.341 e. The molecule has 1 aliphatic heterocycles. The van der Waals surface area contributed by atoms with Crippen LogP contribution in [0.15, 0.2) is 42.6 Å². The van der Waals surface area contributed by atoms with Crippen molar-refractivity contribution in [2.75, 3.05) is 26.2 Å². The quantitative estimate of drug-likeness (QED) is 0.762. The summed E-state index contributed by atoms with van der Waals surface area (Å²) >= 11 is 6.02. The van der Waals surface area contributed by atoms with Crippen molar-refractivity contribution in [1.29, 1.82) is 0 Å². The van der Waals surface area contributed by atoms with E-state index in [1.165, 1.54) is 6.07 Å². The molecule has 0 N–H and O–H groups in total. The SMILES string of the molecule is O=C(Cc1cc(C(F)(F)F)ccc1Cl)N1CCCN(Cc2ccccn2)CC1. The molecule has 1 aliphatic rings. The molecule has 28 heavy (non-hydrogen) atoms. The van der Waals surface area contributed by atoms with E-state index in [0.29, 0.717) is 26.2 Å². The zero-order valence-corrected chi connectivity index (χ0v) is 16.0. The summed E-state index contributed by atoms with van der Waals surface area (Å²) < 4.78 is 38.8. The van der Waals surface area contributed by atoms with Gasteiger partial charge in [0.05, 0.1) is 17.7 Å². The van der Waals surface area contributed by atoms with Crippen molar-refractivity contribution >= 4 is 17.5 Å². The van der Waals surface area contributed by atoms with Gasteiger partial charge in [-0.25, -0.2) is 0 Å². The summed E-state index contributed by atoms with van der Waals surface area (Å²) in [4.78, 5) is 20.9.